The molecule has 1 amide bonds. The zero-order valence-corrected chi connectivity index (χ0v) is 16.5. The van der Waals surface area contributed by atoms with Gasteiger partial charge in [0.15, 0.2) is 5.82 Å². The van der Waals surface area contributed by atoms with Gasteiger partial charge < -0.3 is 5.32 Å². The van der Waals surface area contributed by atoms with Gasteiger partial charge in [0.2, 0.25) is 0 Å². The SMILES string of the molecule is Cc1ccc(-c2cn[nH]c2C(=O)NC2CCn3nc(-c4ccccc4)nc3C2)nc1. The topological polar surface area (TPSA) is 101 Å². The highest BCUT2D eigenvalue weighted by Gasteiger charge is 2.25. The Morgan fingerprint density at radius 3 is 2.83 bits per heavy atom. The van der Waals surface area contributed by atoms with Crippen molar-refractivity contribution in [1.29, 1.82) is 0 Å². The number of benzene rings is 1. The molecule has 0 spiro atoms. The second-order valence-corrected chi connectivity index (χ2v) is 7.48. The van der Waals surface area contributed by atoms with Crippen molar-refractivity contribution in [3.63, 3.8) is 0 Å². The fourth-order valence-corrected chi connectivity index (χ4v) is 3.68. The van der Waals surface area contributed by atoms with Gasteiger partial charge >= 0.3 is 0 Å². The van der Waals surface area contributed by atoms with Gasteiger partial charge in [0, 0.05) is 30.8 Å². The highest BCUT2D eigenvalue weighted by Crippen LogP contribution is 2.22. The van der Waals surface area contributed by atoms with Gasteiger partial charge in [-0.3, -0.25) is 14.9 Å². The lowest BCUT2D eigenvalue weighted by Gasteiger charge is -2.23. The molecule has 0 saturated carbocycles. The van der Waals surface area contributed by atoms with E-state index in [-0.39, 0.29) is 11.9 Å². The predicted molar refractivity (Wildman–Crippen MR) is 112 cm³/mol. The summed E-state index contributed by atoms with van der Waals surface area (Å²) in [5.74, 6) is 1.42. The number of aromatic amines is 1. The number of carbonyl (C=O) groups excluding carboxylic acids is 1. The van der Waals surface area contributed by atoms with E-state index < -0.39 is 0 Å². The van der Waals surface area contributed by atoms with Crippen LogP contribution in [0, 0.1) is 6.92 Å². The number of hydrogen-bond donors (Lipinski definition) is 2. The molecule has 1 aliphatic rings. The fourth-order valence-electron chi connectivity index (χ4n) is 3.68. The molecule has 3 aromatic heterocycles. The first kappa shape index (κ1) is 18.2. The van der Waals surface area contributed by atoms with Gasteiger partial charge in [-0.15, -0.1) is 0 Å². The predicted octanol–water partition coefficient (Wildman–Crippen LogP) is 2.78. The Balaban J connectivity index is 1.31. The van der Waals surface area contributed by atoms with Gasteiger partial charge in [-0.05, 0) is 25.0 Å². The molecule has 2 N–H and O–H groups in total. The van der Waals surface area contributed by atoms with E-state index >= 15 is 0 Å². The second kappa shape index (κ2) is 7.55. The maximum Gasteiger partial charge on any atom is 0.270 e. The molecule has 150 valence electrons. The Hall–Kier alpha value is -3.81. The Morgan fingerprint density at radius 2 is 2.03 bits per heavy atom. The number of nitrogens with zero attached hydrogens (tertiary/aromatic N) is 5. The van der Waals surface area contributed by atoms with Crippen molar-refractivity contribution >= 4 is 5.91 Å². The third-order valence-corrected chi connectivity index (χ3v) is 5.29. The number of pyridine rings is 1. The molecule has 5 rings (SSSR count). The lowest BCUT2D eigenvalue weighted by atomic mass is 10.1. The number of amides is 1. The van der Waals surface area contributed by atoms with Crippen LogP contribution in [0.5, 0.6) is 0 Å². The molecule has 8 heteroatoms. The van der Waals surface area contributed by atoms with Gasteiger partial charge in [0.25, 0.3) is 5.91 Å². The summed E-state index contributed by atoms with van der Waals surface area (Å²) in [6.07, 6.45) is 4.85. The quantitative estimate of drug-likeness (QED) is 0.549. The van der Waals surface area contributed by atoms with Crippen molar-refractivity contribution in [2.24, 2.45) is 0 Å². The van der Waals surface area contributed by atoms with E-state index in [4.69, 9.17) is 0 Å². The first-order chi connectivity index (χ1) is 14.7. The summed E-state index contributed by atoms with van der Waals surface area (Å²) in [5, 5.41) is 14.6. The zero-order valence-electron chi connectivity index (χ0n) is 16.5. The number of rotatable bonds is 4. The monoisotopic (exact) mass is 399 g/mol. The lowest BCUT2D eigenvalue weighted by molar-refractivity contribution is 0.0925. The highest BCUT2D eigenvalue weighted by molar-refractivity contribution is 5.98. The van der Waals surface area contributed by atoms with Gasteiger partial charge in [0.05, 0.1) is 17.5 Å². The molecule has 0 saturated heterocycles. The molecule has 1 unspecified atom stereocenters. The highest BCUT2D eigenvalue weighted by atomic mass is 16.2. The zero-order chi connectivity index (χ0) is 20.5. The molecule has 4 heterocycles. The number of fused-ring (bicyclic) bond motifs is 1. The summed E-state index contributed by atoms with van der Waals surface area (Å²) in [6, 6.07) is 13.8. The maximum atomic E-state index is 12.9. The Kier molecular flexibility index (Phi) is 4.59. The summed E-state index contributed by atoms with van der Waals surface area (Å²) in [5.41, 5.74) is 3.89. The molecule has 1 atom stereocenters. The molecule has 0 fully saturated rings. The van der Waals surface area contributed by atoms with Gasteiger partial charge in [-0.25, -0.2) is 9.67 Å². The fraction of sp³-hybridized carbons (Fsp3) is 0.227. The molecule has 0 aliphatic carbocycles. The molecular weight excluding hydrogens is 378 g/mol. The minimum absolute atomic E-state index is 0.0139. The summed E-state index contributed by atoms with van der Waals surface area (Å²) in [6.45, 7) is 2.69. The Morgan fingerprint density at radius 1 is 1.17 bits per heavy atom. The van der Waals surface area contributed by atoms with E-state index in [1.54, 1.807) is 12.4 Å². The van der Waals surface area contributed by atoms with Crippen molar-refractivity contribution in [2.75, 3.05) is 0 Å². The smallest absolute Gasteiger partial charge is 0.270 e. The van der Waals surface area contributed by atoms with Crippen LogP contribution in [0.2, 0.25) is 0 Å². The number of hydrogen-bond acceptors (Lipinski definition) is 5. The van der Waals surface area contributed by atoms with E-state index in [0.29, 0.717) is 17.7 Å². The van der Waals surface area contributed by atoms with E-state index in [1.165, 1.54) is 0 Å². The molecule has 0 radical (unpaired) electrons. The number of aromatic nitrogens is 6. The second-order valence-electron chi connectivity index (χ2n) is 7.48. The van der Waals surface area contributed by atoms with Gasteiger partial charge in [-0.1, -0.05) is 36.4 Å². The molecule has 1 aliphatic heterocycles. The van der Waals surface area contributed by atoms with Crippen LogP contribution in [0.1, 0.15) is 28.3 Å². The van der Waals surface area contributed by atoms with Crippen molar-refractivity contribution in [1.82, 2.24) is 35.3 Å². The van der Waals surface area contributed by atoms with Crippen LogP contribution in [-0.4, -0.2) is 41.9 Å². The van der Waals surface area contributed by atoms with Crippen molar-refractivity contribution in [3.8, 4) is 22.6 Å². The summed E-state index contributed by atoms with van der Waals surface area (Å²) in [4.78, 5) is 22.0. The van der Waals surface area contributed by atoms with Gasteiger partial charge in [0.1, 0.15) is 11.5 Å². The van der Waals surface area contributed by atoms with Crippen molar-refractivity contribution in [2.45, 2.75) is 32.4 Å². The van der Waals surface area contributed by atoms with Crippen LogP contribution >= 0.6 is 0 Å². The van der Waals surface area contributed by atoms with Crippen molar-refractivity contribution < 1.29 is 4.79 Å². The number of nitrogens with one attached hydrogen (secondary N) is 2. The average molecular weight is 399 g/mol. The van der Waals surface area contributed by atoms with E-state index in [2.05, 4.69) is 30.6 Å². The largest absolute Gasteiger partial charge is 0.347 e. The summed E-state index contributed by atoms with van der Waals surface area (Å²) in [7, 11) is 0. The van der Waals surface area contributed by atoms with Crippen LogP contribution in [0.25, 0.3) is 22.6 Å². The average Bonchev–Trinajstić information content (AvgIpc) is 3.42. The van der Waals surface area contributed by atoms with Crippen LogP contribution in [-0.2, 0) is 13.0 Å². The number of aryl methyl sites for hydroxylation is 2. The molecule has 0 bridgehead atoms. The molecular formula is C22H21N7O. The Bertz CT molecular complexity index is 1180. The number of H-pyrrole nitrogens is 1. The third-order valence-electron chi connectivity index (χ3n) is 5.29. The van der Waals surface area contributed by atoms with Crippen LogP contribution in [0.4, 0.5) is 0 Å². The Labute approximate surface area is 173 Å². The molecule has 4 aromatic rings. The third kappa shape index (κ3) is 3.47. The van der Waals surface area contributed by atoms with Crippen LogP contribution in [0.3, 0.4) is 0 Å². The van der Waals surface area contributed by atoms with E-state index in [0.717, 1.165) is 41.4 Å². The van der Waals surface area contributed by atoms with Crippen LogP contribution in [0.15, 0.2) is 54.9 Å². The molecule has 8 nitrogen and oxygen atoms in total. The van der Waals surface area contributed by atoms with Crippen LogP contribution < -0.4 is 5.32 Å². The number of carbonyl (C=O) groups is 1. The van der Waals surface area contributed by atoms with E-state index in [1.807, 2.05) is 54.1 Å². The lowest BCUT2D eigenvalue weighted by Crippen LogP contribution is -2.40. The first-order valence-corrected chi connectivity index (χ1v) is 9.94. The summed E-state index contributed by atoms with van der Waals surface area (Å²) < 4.78 is 1.93. The van der Waals surface area contributed by atoms with Gasteiger partial charge in [-0.2, -0.15) is 10.2 Å². The normalized spacial score (nSPS) is 15.6. The van der Waals surface area contributed by atoms with Crippen molar-refractivity contribution in [3.05, 3.63) is 71.9 Å². The first-order valence-electron chi connectivity index (χ1n) is 9.94. The van der Waals surface area contributed by atoms with E-state index in [9.17, 15) is 4.79 Å². The maximum absolute atomic E-state index is 12.9. The summed E-state index contributed by atoms with van der Waals surface area (Å²) >= 11 is 0. The molecule has 30 heavy (non-hydrogen) atoms. The minimum Gasteiger partial charge on any atom is -0.347 e. The minimum atomic E-state index is -0.189. The standard InChI is InChI=1S/C22H21N7O/c1-14-7-8-18(23-12-14)17-13-24-27-20(17)22(30)25-16-9-10-29-19(11-16)26-21(28-29)15-5-3-2-4-6-15/h2-8,12-13,16H,9-11H2,1H3,(H,24,27)(H,25,30). The molecule has 1 aromatic carbocycles.